The third kappa shape index (κ3) is 3.07. The molecule has 0 saturated carbocycles. The number of nitrogens with one attached hydrogen (secondary N) is 1. The fourth-order valence-corrected chi connectivity index (χ4v) is 2.24. The molecule has 1 N–H and O–H groups in total. The van der Waals surface area contributed by atoms with Gasteiger partial charge in [0, 0.05) is 18.1 Å². The zero-order valence-electron chi connectivity index (χ0n) is 10.3. The molecule has 1 aromatic carbocycles. The number of halogens is 1. The van der Waals surface area contributed by atoms with Crippen molar-refractivity contribution < 1.29 is 12.8 Å². The molecule has 0 radical (unpaired) electrons. The highest BCUT2D eigenvalue weighted by atomic mass is 32.2. The van der Waals surface area contributed by atoms with Crippen molar-refractivity contribution in [2.24, 2.45) is 0 Å². The summed E-state index contributed by atoms with van der Waals surface area (Å²) in [5.41, 5.74) is 0.317. The van der Waals surface area contributed by atoms with Gasteiger partial charge in [0.25, 0.3) is 0 Å². The third-order valence-corrected chi connectivity index (χ3v) is 3.49. The minimum Gasteiger partial charge on any atom is -0.340 e. The van der Waals surface area contributed by atoms with Gasteiger partial charge in [-0.25, -0.2) is 22.8 Å². The smallest absolute Gasteiger partial charge is 0.234 e. The molecule has 0 aliphatic carbocycles. The minimum absolute atomic E-state index is 0.0248. The molecule has 0 fully saturated rings. The number of rotatable bonds is 3. The lowest BCUT2D eigenvalue weighted by Crippen LogP contribution is -2.02. The fraction of sp³-hybridized carbons (Fsp3) is 0.0833. The Hall–Kier alpha value is -2.53. The van der Waals surface area contributed by atoms with Crippen molar-refractivity contribution in [1.29, 1.82) is 5.26 Å². The Morgan fingerprint density at radius 2 is 2.10 bits per heavy atom. The highest BCUT2D eigenvalue weighted by Crippen LogP contribution is 2.21. The van der Waals surface area contributed by atoms with Crippen molar-refractivity contribution in [3.8, 4) is 6.07 Å². The molecular formula is C12H9FN4O2S. The third-order valence-electron chi connectivity index (χ3n) is 2.36. The molecule has 20 heavy (non-hydrogen) atoms. The summed E-state index contributed by atoms with van der Waals surface area (Å²) in [5.74, 6) is -0.571. The van der Waals surface area contributed by atoms with E-state index in [1.165, 1.54) is 24.4 Å². The summed E-state index contributed by atoms with van der Waals surface area (Å²) in [6.07, 6.45) is 2.32. The fourth-order valence-electron chi connectivity index (χ4n) is 1.51. The number of anilines is 2. The highest BCUT2D eigenvalue weighted by molar-refractivity contribution is 7.90. The summed E-state index contributed by atoms with van der Waals surface area (Å²) in [4.78, 5) is 7.19. The van der Waals surface area contributed by atoms with Crippen LogP contribution < -0.4 is 5.32 Å². The van der Waals surface area contributed by atoms with Crippen molar-refractivity contribution >= 4 is 21.3 Å². The van der Waals surface area contributed by atoms with Gasteiger partial charge in [0.15, 0.2) is 9.84 Å². The van der Waals surface area contributed by atoms with E-state index >= 15 is 0 Å². The van der Waals surface area contributed by atoms with Gasteiger partial charge in [-0.2, -0.15) is 5.26 Å². The first-order chi connectivity index (χ1) is 9.40. The molecule has 8 heteroatoms. The van der Waals surface area contributed by atoms with Crippen molar-refractivity contribution in [2.45, 2.75) is 4.90 Å². The molecule has 0 spiro atoms. The summed E-state index contributed by atoms with van der Waals surface area (Å²) in [7, 11) is -3.61. The van der Waals surface area contributed by atoms with E-state index in [1.54, 1.807) is 6.07 Å². The molecule has 2 aromatic rings. The van der Waals surface area contributed by atoms with Gasteiger partial charge in [-0.05, 0) is 24.3 Å². The van der Waals surface area contributed by atoms with Crippen molar-refractivity contribution in [2.75, 3.05) is 11.6 Å². The maximum Gasteiger partial charge on any atom is 0.234 e. The molecule has 6 nitrogen and oxygen atoms in total. The van der Waals surface area contributed by atoms with Crippen LogP contribution in [-0.4, -0.2) is 24.6 Å². The van der Waals surface area contributed by atoms with Crippen LogP contribution in [0.1, 0.15) is 5.82 Å². The highest BCUT2D eigenvalue weighted by Gasteiger charge is 2.13. The molecule has 0 amide bonds. The van der Waals surface area contributed by atoms with E-state index in [-0.39, 0.29) is 10.7 Å². The van der Waals surface area contributed by atoms with Crippen molar-refractivity contribution in [3.05, 3.63) is 42.1 Å². The Balaban J connectivity index is 2.32. The largest absolute Gasteiger partial charge is 0.340 e. The molecule has 0 atom stereocenters. The number of hydrogen-bond donors (Lipinski definition) is 1. The quantitative estimate of drug-likeness (QED) is 0.923. The molecule has 0 saturated heterocycles. The van der Waals surface area contributed by atoms with Crippen LogP contribution in [0.15, 0.2) is 35.4 Å². The zero-order chi connectivity index (χ0) is 14.8. The first-order valence-electron chi connectivity index (χ1n) is 5.40. The van der Waals surface area contributed by atoms with Crippen LogP contribution in [0.25, 0.3) is 0 Å². The second kappa shape index (κ2) is 5.22. The van der Waals surface area contributed by atoms with E-state index in [0.29, 0.717) is 11.5 Å². The van der Waals surface area contributed by atoms with E-state index in [4.69, 9.17) is 5.26 Å². The van der Waals surface area contributed by atoms with Crippen LogP contribution in [-0.2, 0) is 9.84 Å². The van der Waals surface area contributed by atoms with Gasteiger partial charge in [0.2, 0.25) is 5.82 Å². The first kappa shape index (κ1) is 13.9. The monoisotopic (exact) mass is 292 g/mol. The molecule has 0 aliphatic heterocycles. The van der Waals surface area contributed by atoms with Gasteiger partial charge in [0.05, 0.1) is 0 Å². The van der Waals surface area contributed by atoms with Gasteiger partial charge in [-0.1, -0.05) is 0 Å². The van der Waals surface area contributed by atoms with Crippen LogP contribution >= 0.6 is 0 Å². The van der Waals surface area contributed by atoms with Crippen LogP contribution in [0.5, 0.6) is 0 Å². The average molecular weight is 292 g/mol. The number of nitrogens with zero attached hydrogens (tertiary/aromatic N) is 3. The molecule has 1 aromatic heterocycles. The Bertz CT molecular complexity index is 799. The number of nitriles is 1. The first-order valence-corrected chi connectivity index (χ1v) is 7.29. The Kier molecular flexibility index (Phi) is 3.63. The lowest BCUT2D eigenvalue weighted by atomic mass is 10.3. The average Bonchev–Trinajstić information content (AvgIpc) is 2.37. The van der Waals surface area contributed by atoms with Crippen LogP contribution in [0.2, 0.25) is 0 Å². The Morgan fingerprint density at radius 1 is 1.35 bits per heavy atom. The van der Waals surface area contributed by atoms with Gasteiger partial charge < -0.3 is 5.32 Å². The van der Waals surface area contributed by atoms with Gasteiger partial charge in [0.1, 0.15) is 22.6 Å². The summed E-state index contributed by atoms with van der Waals surface area (Å²) in [6, 6.07) is 6.90. The lowest BCUT2D eigenvalue weighted by Gasteiger charge is -2.07. The van der Waals surface area contributed by atoms with Crippen molar-refractivity contribution in [3.63, 3.8) is 0 Å². The maximum atomic E-state index is 13.7. The molecule has 1 heterocycles. The van der Waals surface area contributed by atoms with E-state index < -0.39 is 15.7 Å². The maximum absolute atomic E-state index is 13.7. The molecule has 0 aliphatic rings. The summed E-state index contributed by atoms with van der Waals surface area (Å²) < 4.78 is 36.3. The summed E-state index contributed by atoms with van der Waals surface area (Å²) in [5, 5.41) is 11.4. The summed E-state index contributed by atoms with van der Waals surface area (Å²) in [6.45, 7) is 0. The van der Waals surface area contributed by atoms with Gasteiger partial charge in [-0.3, -0.25) is 0 Å². The number of aromatic nitrogens is 2. The SMILES string of the molecule is CS(=O)(=O)c1ccc(Nc2ccnc(C#N)n2)cc1F. The topological polar surface area (TPSA) is 95.7 Å². The molecule has 0 bridgehead atoms. The lowest BCUT2D eigenvalue weighted by molar-refractivity contribution is 0.571. The van der Waals surface area contributed by atoms with Crippen LogP contribution in [0, 0.1) is 17.1 Å². The van der Waals surface area contributed by atoms with Gasteiger partial charge >= 0.3 is 0 Å². The Morgan fingerprint density at radius 3 is 2.70 bits per heavy atom. The number of sulfone groups is 1. The van der Waals surface area contributed by atoms with E-state index in [1.807, 2.05) is 0 Å². The second-order valence-electron chi connectivity index (χ2n) is 3.92. The predicted octanol–water partition coefficient (Wildman–Crippen LogP) is 1.63. The predicted molar refractivity (Wildman–Crippen MR) is 69.5 cm³/mol. The van der Waals surface area contributed by atoms with Crippen LogP contribution in [0.3, 0.4) is 0 Å². The van der Waals surface area contributed by atoms with Crippen LogP contribution in [0.4, 0.5) is 15.9 Å². The van der Waals surface area contributed by atoms with E-state index in [0.717, 1.165) is 12.3 Å². The number of benzene rings is 1. The van der Waals surface area contributed by atoms with Gasteiger partial charge in [-0.15, -0.1) is 0 Å². The second-order valence-corrected chi connectivity index (χ2v) is 5.90. The molecule has 102 valence electrons. The minimum atomic E-state index is -3.61. The summed E-state index contributed by atoms with van der Waals surface area (Å²) >= 11 is 0. The zero-order valence-corrected chi connectivity index (χ0v) is 11.1. The molecule has 0 unspecified atom stereocenters. The van der Waals surface area contributed by atoms with Crippen molar-refractivity contribution in [1.82, 2.24) is 9.97 Å². The Labute approximate surface area is 114 Å². The van der Waals surface area contributed by atoms with E-state index in [9.17, 15) is 12.8 Å². The normalized spacial score (nSPS) is 10.8. The standard InChI is InChI=1S/C12H9FN4O2S/c1-20(18,19)10-3-2-8(6-9(10)13)16-11-4-5-15-12(7-14)17-11/h2-6H,1H3,(H,15,16,17). The van der Waals surface area contributed by atoms with E-state index in [2.05, 4.69) is 15.3 Å². The molecule has 2 rings (SSSR count). The molecular weight excluding hydrogens is 283 g/mol. The number of hydrogen-bond acceptors (Lipinski definition) is 6.